The Morgan fingerprint density at radius 3 is 2.23 bits per heavy atom. The fourth-order valence-corrected chi connectivity index (χ4v) is 6.27. The van der Waals surface area contributed by atoms with Crippen LogP contribution in [0.2, 0.25) is 0 Å². The van der Waals surface area contributed by atoms with E-state index in [1.807, 2.05) is 13.8 Å². The highest BCUT2D eigenvalue weighted by molar-refractivity contribution is 9.10. The highest BCUT2D eigenvalue weighted by Crippen LogP contribution is 2.49. The maximum absolute atomic E-state index is 13.6. The normalized spacial score (nSPS) is 20.1. The largest absolute Gasteiger partial charge is 0.509 e. The predicted octanol–water partition coefficient (Wildman–Crippen LogP) is 6.20. The van der Waals surface area contributed by atoms with Gasteiger partial charge in [0, 0.05) is 37.5 Å². The van der Waals surface area contributed by atoms with Crippen molar-refractivity contribution < 1.29 is 37.6 Å². The Balaban J connectivity index is 2.72. The van der Waals surface area contributed by atoms with Crippen LogP contribution in [0.15, 0.2) is 15.5 Å². The van der Waals surface area contributed by atoms with Crippen molar-refractivity contribution in [3.8, 4) is 5.75 Å². The topological polar surface area (TPSA) is 123 Å². The Bertz CT molecular complexity index is 1200. The molecule has 0 N–H and O–H groups in total. The molecular weight excluding hydrogens is 607 g/mol. The van der Waals surface area contributed by atoms with Crippen LogP contribution in [0.25, 0.3) is 0 Å². The van der Waals surface area contributed by atoms with Gasteiger partial charge in [-0.15, -0.1) is 0 Å². The summed E-state index contributed by atoms with van der Waals surface area (Å²) in [5.41, 5.74) is -2.70. The van der Waals surface area contributed by atoms with Crippen LogP contribution in [0, 0.1) is 5.41 Å². The molecule has 0 saturated heterocycles. The number of pyridine rings is 1. The number of ether oxygens (including phenoxy) is 4. The molecule has 1 amide bonds. The van der Waals surface area contributed by atoms with Crippen molar-refractivity contribution in [1.29, 1.82) is 0 Å². The minimum atomic E-state index is -3.02. The molecule has 1 aliphatic rings. The number of carbonyl (C=O) groups excluding carboxylic acids is 2. The van der Waals surface area contributed by atoms with Crippen molar-refractivity contribution in [2.45, 2.75) is 92.2 Å². The molecule has 0 radical (unpaired) electrons. The van der Waals surface area contributed by atoms with Gasteiger partial charge in [-0.2, -0.15) is 0 Å². The summed E-state index contributed by atoms with van der Waals surface area (Å²) in [6, 6.07) is -0.636. The molecule has 0 aromatic carbocycles. The Hall–Kier alpha value is -2.04. The van der Waals surface area contributed by atoms with E-state index < -0.39 is 53.8 Å². The molecular formula is C27H44BrN2O9P. The number of carbonyl (C=O) groups is 2. The van der Waals surface area contributed by atoms with E-state index in [4.69, 9.17) is 23.5 Å². The van der Waals surface area contributed by atoms with Gasteiger partial charge in [0.05, 0.1) is 24.2 Å². The molecule has 2 rings (SSSR count). The van der Waals surface area contributed by atoms with E-state index in [9.17, 15) is 18.9 Å². The predicted molar refractivity (Wildman–Crippen MR) is 156 cm³/mol. The molecule has 1 aromatic rings. The Morgan fingerprint density at radius 2 is 1.73 bits per heavy atom. The molecule has 228 valence electrons. The number of halogens is 1. The molecule has 13 heteroatoms. The van der Waals surface area contributed by atoms with Crippen molar-refractivity contribution in [2.24, 2.45) is 5.41 Å². The third kappa shape index (κ3) is 8.49. The zero-order chi connectivity index (χ0) is 30.8. The molecule has 1 aromatic heterocycles. The van der Waals surface area contributed by atoms with Gasteiger partial charge in [0.15, 0.2) is 11.9 Å². The maximum Gasteiger partial charge on any atom is 0.509 e. The summed E-state index contributed by atoms with van der Waals surface area (Å²) in [4.78, 5) is 41.1. The van der Waals surface area contributed by atoms with Gasteiger partial charge in [-0.25, -0.2) is 9.59 Å². The molecule has 0 spiro atoms. The Kier molecular flexibility index (Phi) is 10.6. The van der Waals surface area contributed by atoms with Gasteiger partial charge in [0.25, 0.3) is 0 Å². The van der Waals surface area contributed by atoms with Crippen molar-refractivity contribution in [3.63, 3.8) is 0 Å². The third-order valence-corrected chi connectivity index (χ3v) is 8.73. The number of hydrogen-bond donors (Lipinski definition) is 0. The van der Waals surface area contributed by atoms with Gasteiger partial charge in [0.1, 0.15) is 16.9 Å². The fourth-order valence-electron chi connectivity index (χ4n) is 4.59. The van der Waals surface area contributed by atoms with Crippen LogP contribution < -0.4 is 10.2 Å². The first-order valence-corrected chi connectivity index (χ1v) is 16.3. The van der Waals surface area contributed by atoms with Crippen molar-refractivity contribution >= 4 is 35.5 Å². The summed E-state index contributed by atoms with van der Waals surface area (Å²) in [7, 11) is -1.65. The van der Waals surface area contributed by atoms with Crippen molar-refractivity contribution in [1.82, 2.24) is 9.47 Å². The average molecular weight is 652 g/mol. The zero-order valence-electron chi connectivity index (χ0n) is 25.5. The average Bonchev–Trinajstić information content (AvgIpc) is 2.75. The Labute approximate surface area is 245 Å². The van der Waals surface area contributed by atoms with Gasteiger partial charge in [-0.05, 0) is 64.4 Å². The SMILES string of the molecule is CCOP(C)(=O)CCN(C(=O)OC(C)(C)C)C1Cn2cc(Br)c(=O)c(OC)c2C(OC(=O)OC(C)(C)C)C1(C)C. The van der Waals surface area contributed by atoms with Crippen LogP contribution >= 0.6 is 23.3 Å². The summed E-state index contributed by atoms with van der Waals surface area (Å²) >= 11 is 3.30. The zero-order valence-corrected chi connectivity index (χ0v) is 27.9. The summed E-state index contributed by atoms with van der Waals surface area (Å²) in [6.07, 6.45) is -0.954. The standard InChI is InChI=1S/C27H44BrN2O9P/c1-12-36-40(11,34)14-13-30(23(32)38-25(2,3)4)18-16-29-15-17(28)20(31)21(35-10)19(29)22(27(18,8)9)37-24(33)39-26(5,6)7/h15,18,22H,12-14,16H2,1-11H3. The van der Waals surface area contributed by atoms with Crippen LogP contribution in [0.4, 0.5) is 9.59 Å². The second-order valence-electron chi connectivity index (χ2n) is 12.5. The maximum atomic E-state index is 13.6. The lowest BCUT2D eigenvalue weighted by atomic mass is 9.73. The molecule has 3 atom stereocenters. The monoisotopic (exact) mass is 650 g/mol. The van der Waals surface area contributed by atoms with E-state index in [2.05, 4.69) is 15.9 Å². The van der Waals surface area contributed by atoms with Crippen molar-refractivity contribution in [3.05, 3.63) is 26.6 Å². The van der Waals surface area contributed by atoms with Crippen LogP contribution in [-0.2, 0) is 29.8 Å². The van der Waals surface area contributed by atoms with E-state index in [1.54, 1.807) is 59.2 Å². The number of rotatable bonds is 8. The summed E-state index contributed by atoms with van der Waals surface area (Å²) in [6.45, 7) is 17.9. The van der Waals surface area contributed by atoms with Gasteiger partial charge in [-0.1, -0.05) is 13.8 Å². The van der Waals surface area contributed by atoms with Crippen LogP contribution in [0.5, 0.6) is 5.75 Å². The molecule has 1 aliphatic heterocycles. The van der Waals surface area contributed by atoms with Crippen LogP contribution in [-0.4, -0.2) is 72.0 Å². The van der Waals surface area contributed by atoms with Gasteiger partial charge in [-0.3, -0.25) is 9.36 Å². The molecule has 11 nitrogen and oxygen atoms in total. The molecule has 3 unspecified atom stereocenters. The van der Waals surface area contributed by atoms with E-state index in [-0.39, 0.29) is 36.1 Å². The number of aromatic nitrogens is 1. The van der Waals surface area contributed by atoms with E-state index in [1.165, 1.54) is 18.7 Å². The minimum absolute atomic E-state index is 0.00711. The van der Waals surface area contributed by atoms with Crippen LogP contribution in [0.3, 0.4) is 0 Å². The van der Waals surface area contributed by atoms with E-state index in [0.717, 1.165) is 0 Å². The van der Waals surface area contributed by atoms with Gasteiger partial charge >= 0.3 is 12.2 Å². The lowest BCUT2D eigenvalue weighted by Gasteiger charge is -2.50. The second kappa shape index (κ2) is 12.4. The second-order valence-corrected chi connectivity index (χ2v) is 16.1. The minimum Gasteiger partial charge on any atom is -0.491 e. The number of nitrogens with zero attached hydrogens (tertiary/aromatic N) is 2. The summed E-state index contributed by atoms with van der Waals surface area (Å²) in [5.74, 6) is 0.00711. The lowest BCUT2D eigenvalue weighted by molar-refractivity contribution is -0.0951. The number of hydrogen-bond acceptors (Lipinski definition) is 9. The molecule has 0 saturated carbocycles. The number of fused-ring (bicyclic) bond motifs is 1. The first-order chi connectivity index (χ1) is 18.1. The first-order valence-electron chi connectivity index (χ1n) is 13.2. The fraction of sp³-hybridized carbons (Fsp3) is 0.741. The van der Waals surface area contributed by atoms with Crippen molar-refractivity contribution in [2.75, 3.05) is 33.1 Å². The number of amides is 1. The Morgan fingerprint density at radius 1 is 1.15 bits per heavy atom. The molecule has 0 aliphatic carbocycles. The molecule has 0 fully saturated rings. The molecule has 2 heterocycles. The highest BCUT2D eigenvalue weighted by Gasteiger charge is 2.52. The smallest absolute Gasteiger partial charge is 0.491 e. The first kappa shape index (κ1) is 34.2. The number of methoxy groups -OCH3 is 1. The third-order valence-electron chi connectivity index (χ3n) is 6.35. The van der Waals surface area contributed by atoms with Crippen LogP contribution in [0.1, 0.15) is 74.1 Å². The van der Waals surface area contributed by atoms with E-state index in [0.29, 0.717) is 5.69 Å². The van der Waals surface area contributed by atoms with E-state index >= 15 is 0 Å². The summed E-state index contributed by atoms with van der Waals surface area (Å²) < 4.78 is 43.1. The quantitative estimate of drug-likeness (QED) is 0.239. The highest BCUT2D eigenvalue weighted by atomic mass is 79.9. The molecule has 0 bridgehead atoms. The summed E-state index contributed by atoms with van der Waals surface area (Å²) in [5, 5.41) is 0. The molecule has 40 heavy (non-hydrogen) atoms. The lowest BCUT2D eigenvalue weighted by Crippen LogP contribution is -2.58. The van der Waals surface area contributed by atoms with Gasteiger partial charge in [0.2, 0.25) is 12.8 Å². The van der Waals surface area contributed by atoms with Gasteiger partial charge < -0.3 is 32.9 Å².